The molecule has 0 aromatic rings. The van der Waals surface area contributed by atoms with Crippen LogP contribution in [0.15, 0.2) is 12.2 Å². The Hall–Kier alpha value is -1.32. The van der Waals surface area contributed by atoms with Crippen LogP contribution in [0.5, 0.6) is 0 Å². The van der Waals surface area contributed by atoms with Gasteiger partial charge in [0.25, 0.3) is 0 Å². The highest BCUT2D eigenvalue weighted by Gasteiger charge is 2.50. The maximum absolute atomic E-state index is 11.7. The van der Waals surface area contributed by atoms with E-state index in [0.29, 0.717) is 18.4 Å². The minimum absolute atomic E-state index is 0.188. The Morgan fingerprint density at radius 2 is 2.07 bits per heavy atom. The van der Waals surface area contributed by atoms with Crippen molar-refractivity contribution in [2.75, 3.05) is 0 Å². The fourth-order valence-corrected chi connectivity index (χ4v) is 2.07. The largest absolute Gasteiger partial charge is 0.481 e. The van der Waals surface area contributed by atoms with Crippen LogP contribution in [-0.2, 0) is 14.3 Å². The van der Waals surface area contributed by atoms with Gasteiger partial charge in [0.2, 0.25) is 0 Å². The lowest BCUT2D eigenvalue weighted by atomic mass is 9.76. The zero-order valence-corrected chi connectivity index (χ0v) is 9.08. The average molecular weight is 212 g/mol. The normalized spacial score (nSPS) is 24.0. The molecular formula is C11H16O4. The van der Waals surface area contributed by atoms with E-state index in [0.717, 1.165) is 0 Å². The molecule has 0 aromatic heterocycles. The zero-order chi connectivity index (χ0) is 11.6. The summed E-state index contributed by atoms with van der Waals surface area (Å²) < 4.78 is 5.06. The third-order valence-corrected chi connectivity index (χ3v) is 3.21. The van der Waals surface area contributed by atoms with E-state index < -0.39 is 17.5 Å². The molecule has 84 valence electrons. The maximum Gasteiger partial charge on any atom is 0.316 e. The predicted molar refractivity (Wildman–Crippen MR) is 54.3 cm³/mol. The number of carboxylic acids is 1. The quantitative estimate of drug-likeness (QED) is 0.569. The van der Waals surface area contributed by atoms with Gasteiger partial charge in [-0.3, -0.25) is 9.59 Å². The van der Waals surface area contributed by atoms with Crippen LogP contribution in [0.3, 0.4) is 0 Å². The van der Waals surface area contributed by atoms with Gasteiger partial charge in [-0.25, -0.2) is 0 Å². The van der Waals surface area contributed by atoms with Gasteiger partial charge in [-0.15, -0.1) is 0 Å². The van der Waals surface area contributed by atoms with Crippen molar-refractivity contribution in [2.24, 2.45) is 5.41 Å². The van der Waals surface area contributed by atoms with E-state index in [1.54, 1.807) is 0 Å². The first-order chi connectivity index (χ1) is 6.97. The molecule has 0 aromatic carbocycles. The summed E-state index contributed by atoms with van der Waals surface area (Å²) in [5.41, 5.74) is -0.0555. The predicted octanol–water partition coefficient (Wildman–Crippen LogP) is 1.75. The second-order valence-corrected chi connectivity index (χ2v) is 3.81. The Balaban J connectivity index is 2.92. The van der Waals surface area contributed by atoms with Crippen molar-refractivity contribution in [1.29, 1.82) is 0 Å². The zero-order valence-electron chi connectivity index (χ0n) is 9.08. The molecule has 1 N–H and O–H groups in total. The number of carboxylic acid groups (broad SMARTS) is 1. The molecule has 0 spiro atoms. The van der Waals surface area contributed by atoms with Crippen LogP contribution in [0.1, 0.15) is 33.1 Å². The number of hydrogen-bond donors (Lipinski definition) is 1. The molecule has 4 heteroatoms. The molecule has 1 aliphatic rings. The SMILES string of the molecule is C=C1[C@H](CC(=O)O)OC(=O)C1(CC)CC. The second-order valence-electron chi connectivity index (χ2n) is 3.81. The number of carbonyl (C=O) groups excluding carboxylic acids is 1. The van der Waals surface area contributed by atoms with E-state index in [-0.39, 0.29) is 12.4 Å². The lowest BCUT2D eigenvalue weighted by Crippen LogP contribution is -2.26. The lowest BCUT2D eigenvalue weighted by molar-refractivity contribution is -0.151. The van der Waals surface area contributed by atoms with Gasteiger partial charge in [-0.2, -0.15) is 0 Å². The summed E-state index contributed by atoms with van der Waals surface area (Å²) in [6.07, 6.45) is 0.371. The molecule has 1 aliphatic heterocycles. The molecular weight excluding hydrogens is 196 g/mol. The highest BCUT2D eigenvalue weighted by atomic mass is 16.6. The van der Waals surface area contributed by atoms with Gasteiger partial charge in [0, 0.05) is 0 Å². The van der Waals surface area contributed by atoms with Crippen LogP contribution in [0, 0.1) is 5.41 Å². The molecule has 0 radical (unpaired) electrons. The fraction of sp³-hybridized carbons (Fsp3) is 0.636. The van der Waals surface area contributed by atoms with Gasteiger partial charge in [0.15, 0.2) is 0 Å². The standard InChI is InChI=1S/C11H16O4/c1-4-11(5-2)7(3)8(6-9(12)13)15-10(11)14/h8H,3-6H2,1-2H3,(H,12,13)/t8-/m0/s1. The van der Waals surface area contributed by atoms with Crippen molar-refractivity contribution >= 4 is 11.9 Å². The summed E-state index contributed by atoms with van der Waals surface area (Å²) in [6, 6.07) is 0. The molecule has 0 saturated carbocycles. The summed E-state index contributed by atoms with van der Waals surface area (Å²) in [6.45, 7) is 7.60. The van der Waals surface area contributed by atoms with Gasteiger partial charge >= 0.3 is 11.9 Å². The molecule has 0 aliphatic carbocycles. The van der Waals surface area contributed by atoms with Crippen LogP contribution < -0.4 is 0 Å². The minimum atomic E-state index is -0.975. The van der Waals surface area contributed by atoms with E-state index >= 15 is 0 Å². The summed E-state index contributed by atoms with van der Waals surface area (Å²) >= 11 is 0. The van der Waals surface area contributed by atoms with E-state index in [2.05, 4.69) is 6.58 Å². The Kier molecular flexibility index (Phi) is 3.17. The first kappa shape index (κ1) is 11.8. The molecule has 1 fully saturated rings. The van der Waals surface area contributed by atoms with E-state index in [9.17, 15) is 9.59 Å². The first-order valence-electron chi connectivity index (χ1n) is 5.10. The van der Waals surface area contributed by atoms with Gasteiger partial charge in [0.1, 0.15) is 6.10 Å². The third-order valence-electron chi connectivity index (χ3n) is 3.21. The van der Waals surface area contributed by atoms with Gasteiger partial charge in [0.05, 0.1) is 11.8 Å². The van der Waals surface area contributed by atoms with E-state index in [1.807, 2.05) is 13.8 Å². The lowest BCUT2D eigenvalue weighted by Gasteiger charge is -2.22. The molecule has 4 nitrogen and oxygen atoms in total. The van der Waals surface area contributed by atoms with Crippen molar-refractivity contribution < 1.29 is 19.4 Å². The summed E-state index contributed by atoms with van der Waals surface area (Å²) in [4.78, 5) is 22.2. The molecule has 0 unspecified atom stereocenters. The smallest absolute Gasteiger partial charge is 0.316 e. The molecule has 0 bridgehead atoms. The average Bonchev–Trinajstić information content (AvgIpc) is 2.39. The summed E-state index contributed by atoms with van der Waals surface area (Å²) in [5.74, 6) is -1.30. The summed E-state index contributed by atoms with van der Waals surface area (Å²) in [7, 11) is 0. The first-order valence-corrected chi connectivity index (χ1v) is 5.10. The monoisotopic (exact) mass is 212 g/mol. The second kappa shape index (κ2) is 4.04. The van der Waals surface area contributed by atoms with Crippen molar-refractivity contribution in [3.05, 3.63) is 12.2 Å². The maximum atomic E-state index is 11.7. The number of cyclic esters (lactones) is 1. The highest BCUT2D eigenvalue weighted by Crippen LogP contribution is 2.44. The van der Waals surface area contributed by atoms with Gasteiger partial charge < -0.3 is 9.84 Å². The number of aliphatic carboxylic acids is 1. The van der Waals surface area contributed by atoms with Crippen molar-refractivity contribution in [3.8, 4) is 0 Å². The van der Waals surface area contributed by atoms with Crippen molar-refractivity contribution in [1.82, 2.24) is 0 Å². The number of hydrogen-bond acceptors (Lipinski definition) is 3. The fourth-order valence-electron chi connectivity index (χ4n) is 2.07. The van der Waals surface area contributed by atoms with Crippen LogP contribution in [-0.4, -0.2) is 23.1 Å². The van der Waals surface area contributed by atoms with Crippen molar-refractivity contribution in [3.63, 3.8) is 0 Å². The van der Waals surface area contributed by atoms with Crippen LogP contribution >= 0.6 is 0 Å². The van der Waals surface area contributed by atoms with Crippen LogP contribution in [0.4, 0.5) is 0 Å². The molecule has 0 amide bonds. The van der Waals surface area contributed by atoms with Crippen molar-refractivity contribution in [2.45, 2.75) is 39.2 Å². The van der Waals surface area contributed by atoms with Gasteiger partial charge in [-0.1, -0.05) is 20.4 Å². The Morgan fingerprint density at radius 3 is 2.40 bits per heavy atom. The molecule has 1 saturated heterocycles. The number of rotatable bonds is 4. The highest BCUT2D eigenvalue weighted by molar-refractivity contribution is 5.85. The van der Waals surface area contributed by atoms with E-state index in [4.69, 9.17) is 9.84 Å². The van der Waals surface area contributed by atoms with Crippen LogP contribution in [0.2, 0.25) is 0 Å². The number of ether oxygens (including phenoxy) is 1. The number of esters is 1. The Morgan fingerprint density at radius 1 is 1.53 bits per heavy atom. The third kappa shape index (κ3) is 1.76. The van der Waals surface area contributed by atoms with Crippen LogP contribution in [0.25, 0.3) is 0 Å². The minimum Gasteiger partial charge on any atom is -0.481 e. The van der Waals surface area contributed by atoms with E-state index in [1.165, 1.54) is 0 Å². The van der Waals surface area contributed by atoms with Gasteiger partial charge in [-0.05, 0) is 18.4 Å². The molecule has 1 heterocycles. The Labute approximate surface area is 88.9 Å². The molecule has 1 atom stereocenters. The topological polar surface area (TPSA) is 63.6 Å². The molecule has 1 rings (SSSR count). The molecule has 15 heavy (non-hydrogen) atoms. The Bertz CT molecular complexity index is 302. The number of carbonyl (C=O) groups is 2. The summed E-state index contributed by atoms with van der Waals surface area (Å²) in [5, 5.41) is 8.66.